The molecular weight excluding hydrogens is 298 g/mol. The molecule has 1 saturated heterocycles. The van der Waals surface area contributed by atoms with E-state index < -0.39 is 10.0 Å². The predicted octanol–water partition coefficient (Wildman–Crippen LogP) is 3.85. The minimum atomic E-state index is -3.39. The lowest BCUT2D eigenvalue weighted by molar-refractivity contribution is -0.0440. The third kappa shape index (κ3) is 5.71. The number of morpholine rings is 1. The van der Waals surface area contributed by atoms with Crippen molar-refractivity contribution < 1.29 is 13.2 Å². The number of aryl methyl sites for hydroxylation is 1. The van der Waals surface area contributed by atoms with Crippen molar-refractivity contribution in [3.63, 3.8) is 0 Å². The molecule has 2 atom stereocenters. The fourth-order valence-corrected chi connectivity index (χ4v) is 3.78. The molecule has 128 valence electrons. The largest absolute Gasteiger partial charge is 0.373 e. The van der Waals surface area contributed by atoms with E-state index in [0.29, 0.717) is 18.0 Å². The topological polar surface area (TPSA) is 46.6 Å². The predicted molar refractivity (Wildman–Crippen MR) is 92.6 cm³/mol. The second kappa shape index (κ2) is 9.98. The molecule has 0 bridgehead atoms. The van der Waals surface area contributed by atoms with E-state index in [-0.39, 0.29) is 12.2 Å². The summed E-state index contributed by atoms with van der Waals surface area (Å²) in [6.45, 7) is 14.6. The highest BCUT2D eigenvalue weighted by Gasteiger charge is 2.31. The molecule has 2 unspecified atom stereocenters. The summed E-state index contributed by atoms with van der Waals surface area (Å²) >= 11 is 0. The fourth-order valence-electron chi connectivity index (χ4n) is 2.19. The molecule has 0 N–H and O–H groups in total. The summed E-state index contributed by atoms with van der Waals surface area (Å²) in [5.41, 5.74) is 1.05. The van der Waals surface area contributed by atoms with Crippen molar-refractivity contribution in [2.45, 2.75) is 65.6 Å². The standard InChI is InChI=1S/C13H19NO3S.2C2H6/c1-10-4-6-13(7-5-10)18(15,16)14-8-11(2)17-12(3)9-14;2*1-2/h4-7,11-12H,8-9H2,1-3H3;2*1-2H3. The molecule has 0 saturated carbocycles. The van der Waals surface area contributed by atoms with Gasteiger partial charge in [0.25, 0.3) is 0 Å². The van der Waals surface area contributed by atoms with Crippen LogP contribution in [0.15, 0.2) is 29.2 Å². The highest BCUT2D eigenvalue weighted by Crippen LogP contribution is 2.21. The van der Waals surface area contributed by atoms with Crippen LogP contribution in [0.1, 0.15) is 47.1 Å². The highest BCUT2D eigenvalue weighted by atomic mass is 32.2. The first kappa shape index (κ1) is 21.1. The monoisotopic (exact) mass is 329 g/mol. The van der Waals surface area contributed by atoms with Crippen LogP contribution in [-0.2, 0) is 14.8 Å². The first-order chi connectivity index (χ1) is 10.4. The van der Waals surface area contributed by atoms with E-state index in [9.17, 15) is 8.42 Å². The van der Waals surface area contributed by atoms with E-state index in [0.717, 1.165) is 5.56 Å². The average Bonchev–Trinajstić information content (AvgIpc) is 2.51. The van der Waals surface area contributed by atoms with Crippen molar-refractivity contribution in [3.05, 3.63) is 29.8 Å². The van der Waals surface area contributed by atoms with E-state index in [1.54, 1.807) is 12.1 Å². The molecule has 0 radical (unpaired) electrons. The zero-order valence-electron chi connectivity index (χ0n) is 15.0. The molecule has 0 spiro atoms. The molecule has 1 aliphatic rings. The lowest BCUT2D eigenvalue weighted by atomic mass is 10.2. The summed E-state index contributed by atoms with van der Waals surface area (Å²) in [5.74, 6) is 0. The van der Waals surface area contributed by atoms with Gasteiger partial charge in [-0.3, -0.25) is 0 Å². The number of benzene rings is 1. The molecule has 0 amide bonds. The quantitative estimate of drug-likeness (QED) is 0.828. The zero-order valence-corrected chi connectivity index (χ0v) is 15.8. The third-order valence-electron chi connectivity index (χ3n) is 3.04. The van der Waals surface area contributed by atoms with Crippen molar-refractivity contribution >= 4 is 10.0 Å². The Balaban J connectivity index is 0.00000102. The maximum Gasteiger partial charge on any atom is 0.243 e. The van der Waals surface area contributed by atoms with Crippen LogP contribution in [-0.4, -0.2) is 38.0 Å². The highest BCUT2D eigenvalue weighted by molar-refractivity contribution is 7.89. The Kier molecular flexibility index (Phi) is 9.56. The summed E-state index contributed by atoms with van der Waals surface area (Å²) in [7, 11) is -3.39. The lowest BCUT2D eigenvalue weighted by Crippen LogP contribution is -2.48. The number of rotatable bonds is 2. The van der Waals surface area contributed by atoms with Crippen LogP contribution in [0.3, 0.4) is 0 Å². The van der Waals surface area contributed by atoms with Gasteiger partial charge in [-0.2, -0.15) is 4.31 Å². The van der Waals surface area contributed by atoms with E-state index >= 15 is 0 Å². The van der Waals surface area contributed by atoms with Crippen LogP contribution in [0.25, 0.3) is 0 Å². The van der Waals surface area contributed by atoms with E-state index in [2.05, 4.69) is 0 Å². The summed E-state index contributed by atoms with van der Waals surface area (Å²) < 4.78 is 32.0. The van der Waals surface area contributed by atoms with Gasteiger partial charge in [-0.25, -0.2) is 8.42 Å². The lowest BCUT2D eigenvalue weighted by Gasteiger charge is -2.34. The van der Waals surface area contributed by atoms with Gasteiger partial charge in [0, 0.05) is 13.1 Å². The molecule has 0 aromatic heterocycles. The van der Waals surface area contributed by atoms with Crippen LogP contribution in [0, 0.1) is 6.92 Å². The van der Waals surface area contributed by atoms with Gasteiger partial charge >= 0.3 is 0 Å². The number of hydrogen-bond donors (Lipinski definition) is 0. The van der Waals surface area contributed by atoms with Crippen molar-refractivity contribution in [2.75, 3.05) is 13.1 Å². The minimum absolute atomic E-state index is 0.0611. The smallest absolute Gasteiger partial charge is 0.243 e. The van der Waals surface area contributed by atoms with E-state index in [1.165, 1.54) is 4.31 Å². The maximum atomic E-state index is 12.5. The van der Waals surface area contributed by atoms with Crippen LogP contribution in [0.4, 0.5) is 0 Å². The first-order valence-electron chi connectivity index (χ1n) is 8.12. The molecular formula is C17H31NO3S. The van der Waals surface area contributed by atoms with Gasteiger partial charge in [-0.05, 0) is 32.9 Å². The number of ether oxygens (including phenoxy) is 1. The molecule has 4 nitrogen and oxygen atoms in total. The average molecular weight is 330 g/mol. The third-order valence-corrected chi connectivity index (χ3v) is 4.89. The Labute approximate surface area is 136 Å². The van der Waals surface area contributed by atoms with Crippen LogP contribution in [0.2, 0.25) is 0 Å². The SMILES string of the molecule is CC.CC.Cc1ccc(S(=O)(=O)N2CC(C)OC(C)C2)cc1. The van der Waals surface area contributed by atoms with Crippen molar-refractivity contribution in [3.8, 4) is 0 Å². The van der Waals surface area contributed by atoms with Gasteiger partial charge < -0.3 is 4.74 Å². The van der Waals surface area contributed by atoms with Crippen LogP contribution >= 0.6 is 0 Å². The Morgan fingerprint density at radius 3 is 1.77 bits per heavy atom. The van der Waals surface area contributed by atoms with Gasteiger partial charge in [0.2, 0.25) is 10.0 Å². The second-order valence-electron chi connectivity index (χ2n) is 4.89. The molecule has 2 rings (SSSR count). The summed E-state index contributed by atoms with van der Waals surface area (Å²) in [4.78, 5) is 0.356. The van der Waals surface area contributed by atoms with Crippen LogP contribution in [0.5, 0.6) is 0 Å². The molecule has 1 aromatic carbocycles. The van der Waals surface area contributed by atoms with Crippen molar-refractivity contribution in [1.29, 1.82) is 0 Å². The minimum Gasteiger partial charge on any atom is -0.373 e. The van der Waals surface area contributed by atoms with Gasteiger partial charge in [-0.1, -0.05) is 45.4 Å². The first-order valence-corrected chi connectivity index (χ1v) is 9.56. The second-order valence-corrected chi connectivity index (χ2v) is 6.83. The Morgan fingerprint density at radius 2 is 1.36 bits per heavy atom. The molecule has 0 aliphatic carbocycles. The normalized spacial score (nSPS) is 22.0. The van der Waals surface area contributed by atoms with Crippen molar-refractivity contribution in [1.82, 2.24) is 4.31 Å². The van der Waals surface area contributed by atoms with Crippen molar-refractivity contribution in [2.24, 2.45) is 0 Å². The summed E-state index contributed by atoms with van der Waals surface area (Å²) in [6, 6.07) is 6.96. The van der Waals surface area contributed by atoms with Gasteiger partial charge in [-0.15, -0.1) is 0 Å². The molecule has 22 heavy (non-hydrogen) atoms. The van der Waals surface area contributed by atoms with Gasteiger partial charge in [0.05, 0.1) is 17.1 Å². The Morgan fingerprint density at radius 1 is 0.955 bits per heavy atom. The number of nitrogens with zero attached hydrogens (tertiary/aromatic N) is 1. The molecule has 1 heterocycles. The molecule has 1 aliphatic heterocycles. The fraction of sp³-hybridized carbons (Fsp3) is 0.647. The van der Waals surface area contributed by atoms with Gasteiger partial charge in [0.15, 0.2) is 0 Å². The Bertz CT molecular complexity index is 501. The number of sulfonamides is 1. The van der Waals surface area contributed by atoms with E-state index in [1.807, 2.05) is 60.6 Å². The zero-order chi connectivity index (χ0) is 17.3. The summed E-state index contributed by atoms with van der Waals surface area (Å²) in [6.07, 6.45) is -0.122. The van der Waals surface area contributed by atoms with Gasteiger partial charge in [0.1, 0.15) is 0 Å². The van der Waals surface area contributed by atoms with E-state index in [4.69, 9.17) is 4.74 Å². The Hall–Kier alpha value is -0.910. The molecule has 5 heteroatoms. The molecule has 1 fully saturated rings. The maximum absolute atomic E-state index is 12.5. The molecule has 1 aromatic rings. The number of hydrogen-bond acceptors (Lipinski definition) is 3. The summed E-state index contributed by atoms with van der Waals surface area (Å²) in [5, 5.41) is 0. The van der Waals surface area contributed by atoms with Crippen LogP contribution < -0.4 is 0 Å².